The molecule has 0 aromatic carbocycles. The van der Waals surface area contributed by atoms with Crippen molar-refractivity contribution in [1.29, 1.82) is 0 Å². The van der Waals surface area contributed by atoms with E-state index < -0.39 is 4.92 Å². The van der Waals surface area contributed by atoms with Gasteiger partial charge in [0.15, 0.2) is 0 Å². The van der Waals surface area contributed by atoms with Crippen molar-refractivity contribution in [3.8, 4) is 0 Å². The highest BCUT2D eigenvalue weighted by atomic mass is 16.6. The van der Waals surface area contributed by atoms with Crippen LogP contribution in [0, 0.1) is 10.1 Å². The third-order valence-electron chi connectivity index (χ3n) is 1.22. The van der Waals surface area contributed by atoms with Crippen LogP contribution in [0.3, 0.4) is 0 Å². The van der Waals surface area contributed by atoms with Gasteiger partial charge in [-0.25, -0.2) is 4.57 Å². The maximum atomic E-state index is 10.3. The van der Waals surface area contributed by atoms with Crippen molar-refractivity contribution in [3.05, 3.63) is 22.5 Å². The molecule has 0 unspecified atom stereocenters. The van der Waals surface area contributed by atoms with E-state index in [1.807, 2.05) is 0 Å². The van der Waals surface area contributed by atoms with Crippen LogP contribution in [-0.2, 0) is 6.54 Å². The lowest BCUT2D eigenvalue weighted by Gasteiger charge is -1.94. The fourth-order valence-corrected chi connectivity index (χ4v) is 0.740. The fourth-order valence-electron chi connectivity index (χ4n) is 0.740. The van der Waals surface area contributed by atoms with Crippen LogP contribution in [0.2, 0.25) is 0 Å². The van der Waals surface area contributed by atoms with Gasteiger partial charge in [0.2, 0.25) is 0 Å². The number of oxime groups is 1. The van der Waals surface area contributed by atoms with E-state index in [1.54, 1.807) is 0 Å². The summed E-state index contributed by atoms with van der Waals surface area (Å²) in [6.07, 6.45) is 3.87. The van der Waals surface area contributed by atoms with Crippen LogP contribution >= 0.6 is 0 Å². The first-order chi connectivity index (χ1) is 5.75. The molecule has 0 saturated carbocycles. The number of rotatable bonds is 3. The molecule has 0 amide bonds. The molecule has 0 spiro atoms. The summed E-state index contributed by atoms with van der Waals surface area (Å²) in [5.74, 6) is -0.269. The maximum Gasteiger partial charge on any atom is 0.434 e. The first kappa shape index (κ1) is 8.18. The van der Waals surface area contributed by atoms with Gasteiger partial charge < -0.3 is 15.3 Å². The molecule has 1 aromatic rings. The molecular formula is C5H6N4O3. The van der Waals surface area contributed by atoms with E-state index in [-0.39, 0.29) is 12.5 Å². The van der Waals surface area contributed by atoms with Gasteiger partial charge in [-0.15, -0.1) is 0 Å². The van der Waals surface area contributed by atoms with E-state index in [0.29, 0.717) is 0 Å². The number of nitro groups is 1. The van der Waals surface area contributed by atoms with Crippen molar-refractivity contribution in [2.75, 3.05) is 0 Å². The summed E-state index contributed by atoms with van der Waals surface area (Å²) >= 11 is 0. The topological polar surface area (TPSA) is 93.5 Å². The molecule has 0 radical (unpaired) electrons. The maximum absolute atomic E-state index is 10.3. The summed E-state index contributed by atoms with van der Waals surface area (Å²) in [4.78, 5) is 13.1. The first-order valence-electron chi connectivity index (χ1n) is 3.07. The van der Waals surface area contributed by atoms with Gasteiger partial charge >= 0.3 is 5.95 Å². The third kappa shape index (κ3) is 1.57. The van der Waals surface area contributed by atoms with E-state index in [0.717, 1.165) is 6.21 Å². The molecule has 0 atom stereocenters. The summed E-state index contributed by atoms with van der Waals surface area (Å²) in [6.45, 7) is 0.132. The number of imidazole rings is 1. The fraction of sp³-hybridized carbons (Fsp3) is 0.200. The highest BCUT2D eigenvalue weighted by Crippen LogP contribution is 2.05. The van der Waals surface area contributed by atoms with Gasteiger partial charge in [-0.1, -0.05) is 10.1 Å². The molecule has 1 aromatic heterocycles. The lowest BCUT2D eigenvalue weighted by Crippen LogP contribution is -2.03. The number of hydrogen-bond donors (Lipinski definition) is 1. The molecule has 1 rings (SSSR count). The average Bonchev–Trinajstić information content (AvgIpc) is 2.48. The van der Waals surface area contributed by atoms with Gasteiger partial charge in [0.05, 0.1) is 6.21 Å². The van der Waals surface area contributed by atoms with Crippen LogP contribution in [0.15, 0.2) is 17.5 Å². The lowest BCUT2D eigenvalue weighted by molar-refractivity contribution is -0.396. The minimum atomic E-state index is -0.606. The SMILES string of the molecule is O=[N+]([O-])c1nccn1C/C=N\O. The van der Waals surface area contributed by atoms with Crippen LogP contribution in [0.25, 0.3) is 0 Å². The smallest absolute Gasteiger partial charge is 0.411 e. The van der Waals surface area contributed by atoms with E-state index in [9.17, 15) is 10.1 Å². The van der Waals surface area contributed by atoms with Gasteiger partial charge in [0.1, 0.15) is 18.9 Å². The van der Waals surface area contributed by atoms with Crippen LogP contribution in [-0.4, -0.2) is 25.9 Å². The Labute approximate surface area is 67.1 Å². The summed E-state index contributed by atoms with van der Waals surface area (Å²) in [6, 6.07) is 0. The van der Waals surface area contributed by atoms with Crippen molar-refractivity contribution in [2.45, 2.75) is 6.54 Å². The minimum absolute atomic E-state index is 0.132. The molecule has 7 heteroatoms. The average molecular weight is 170 g/mol. The standard InChI is InChI=1S/C5H6N4O3/c10-7-2-4-8-3-1-6-5(8)9(11)12/h1-3,10H,4H2/b7-2-. The number of nitrogens with zero attached hydrogens (tertiary/aromatic N) is 4. The van der Waals surface area contributed by atoms with Crippen molar-refractivity contribution in [1.82, 2.24) is 9.55 Å². The summed E-state index contributed by atoms with van der Waals surface area (Å²) < 4.78 is 1.25. The zero-order valence-electron chi connectivity index (χ0n) is 5.99. The molecule has 1 N–H and O–H groups in total. The summed E-state index contributed by atoms with van der Waals surface area (Å²) in [5.41, 5.74) is 0. The molecule has 64 valence electrons. The highest BCUT2D eigenvalue weighted by molar-refractivity contribution is 5.56. The van der Waals surface area contributed by atoms with E-state index in [2.05, 4.69) is 10.1 Å². The Morgan fingerprint density at radius 2 is 2.67 bits per heavy atom. The Morgan fingerprint density at radius 1 is 1.92 bits per heavy atom. The second kappa shape index (κ2) is 3.46. The quantitative estimate of drug-likeness (QED) is 0.304. The van der Waals surface area contributed by atoms with Crippen molar-refractivity contribution >= 4 is 12.2 Å². The predicted octanol–water partition coefficient (Wildman–Crippen LogP) is 0.251. The Bertz CT molecular complexity index is 305. The minimum Gasteiger partial charge on any atom is -0.411 e. The van der Waals surface area contributed by atoms with Crippen molar-refractivity contribution < 1.29 is 10.1 Å². The van der Waals surface area contributed by atoms with Crippen molar-refractivity contribution in [2.24, 2.45) is 5.16 Å². The van der Waals surface area contributed by atoms with Crippen LogP contribution in [0.5, 0.6) is 0 Å². The Kier molecular flexibility index (Phi) is 2.36. The van der Waals surface area contributed by atoms with E-state index in [1.165, 1.54) is 17.0 Å². The van der Waals surface area contributed by atoms with Gasteiger partial charge in [-0.3, -0.25) is 0 Å². The van der Waals surface area contributed by atoms with Gasteiger partial charge in [-0.2, -0.15) is 0 Å². The molecule has 0 aliphatic heterocycles. The van der Waals surface area contributed by atoms with Crippen LogP contribution in [0.1, 0.15) is 0 Å². The molecule has 0 fully saturated rings. The molecule has 1 heterocycles. The monoisotopic (exact) mass is 170 g/mol. The normalized spacial score (nSPS) is 10.7. The molecule has 12 heavy (non-hydrogen) atoms. The molecule has 0 aliphatic rings. The first-order valence-corrected chi connectivity index (χ1v) is 3.07. The Hall–Kier alpha value is -1.92. The van der Waals surface area contributed by atoms with Gasteiger partial charge in [0, 0.05) is 0 Å². The zero-order chi connectivity index (χ0) is 8.97. The zero-order valence-corrected chi connectivity index (χ0v) is 5.99. The highest BCUT2D eigenvalue weighted by Gasteiger charge is 2.11. The second-order valence-corrected chi connectivity index (χ2v) is 1.93. The molecule has 0 aliphatic carbocycles. The summed E-state index contributed by atoms with van der Waals surface area (Å²) in [5, 5.41) is 21.0. The third-order valence-corrected chi connectivity index (χ3v) is 1.22. The summed E-state index contributed by atoms with van der Waals surface area (Å²) in [7, 11) is 0. The molecular weight excluding hydrogens is 164 g/mol. The van der Waals surface area contributed by atoms with E-state index in [4.69, 9.17) is 5.21 Å². The predicted molar refractivity (Wildman–Crippen MR) is 39.2 cm³/mol. The lowest BCUT2D eigenvalue weighted by atomic mass is 10.7. The Balaban J connectivity index is 2.84. The molecule has 0 saturated heterocycles. The van der Waals surface area contributed by atoms with Gasteiger partial charge in [0.25, 0.3) is 0 Å². The van der Waals surface area contributed by atoms with Crippen LogP contribution in [0.4, 0.5) is 5.95 Å². The number of hydrogen-bond acceptors (Lipinski definition) is 5. The largest absolute Gasteiger partial charge is 0.434 e. The molecule has 0 bridgehead atoms. The number of aromatic nitrogens is 2. The second-order valence-electron chi connectivity index (χ2n) is 1.93. The van der Waals surface area contributed by atoms with Crippen LogP contribution < -0.4 is 0 Å². The van der Waals surface area contributed by atoms with Crippen molar-refractivity contribution in [3.63, 3.8) is 0 Å². The molecule has 7 nitrogen and oxygen atoms in total. The van der Waals surface area contributed by atoms with E-state index >= 15 is 0 Å². The Morgan fingerprint density at radius 3 is 3.25 bits per heavy atom. The van der Waals surface area contributed by atoms with Gasteiger partial charge in [-0.05, 0) is 4.92 Å².